The summed E-state index contributed by atoms with van der Waals surface area (Å²) in [6, 6.07) is 12.6. The molecule has 1 N–H and O–H groups in total. The molecule has 0 aliphatic heterocycles. The molecule has 2 aromatic rings. The van der Waals surface area contributed by atoms with Crippen LogP contribution in [0.1, 0.15) is 32.3 Å². The molecule has 0 amide bonds. The van der Waals surface area contributed by atoms with E-state index in [0.29, 0.717) is 6.42 Å². The lowest BCUT2D eigenvalue weighted by Crippen LogP contribution is -2.30. The molecule has 0 spiro atoms. The van der Waals surface area contributed by atoms with E-state index in [1.54, 1.807) is 0 Å². The molecule has 3 heteroatoms. The molecule has 1 aromatic heterocycles. The molecule has 0 bridgehead atoms. The van der Waals surface area contributed by atoms with E-state index in [9.17, 15) is 0 Å². The third kappa shape index (κ3) is 4.54. The number of fused-ring (bicyclic) bond motifs is 1. The van der Waals surface area contributed by atoms with Gasteiger partial charge in [-0.25, -0.2) is 0 Å². The van der Waals surface area contributed by atoms with Gasteiger partial charge in [-0.2, -0.15) is 5.26 Å². The quantitative estimate of drug-likeness (QED) is 0.787. The zero-order valence-corrected chi connectivity index (χ0v) is 12.9. The first-order chi connectivity index (χ1) is 10.1. The Morgan fingerprint density at radius 1 is 1.24 bits per heavy atom. The summed E-state index contributed by atoms with van der Waals surface area (Å²) in [5.74, 6) is 0. The Labute approximate surface area is 127 Å². The van der Waals surface area contributed by atoms with Gasteiger partial charge in [-0.05, 0) is 36.4 Å². The summed E-state index contributed by atoms with van der Waals surface area (Å²) in [5, 5.41) is 13.4. The van der Waals surface area contributed by atoms with Crippen LogP contribution in [0.2, 0.25) is 0 Å². The molecule has 0 aliphatic carbocycles. The maximum absolute atomic E-state index is 8.67. The third-order valence-corrected chi connectivity index (χ3v) is 3.80. The van der Waals surface area contributed by atoms with Gasteiger partial charge in [0, 0.05) is 24.5 Å². The molecule has 110 valence electrons. The predicted octanol–water partition coefficient (Wildman–Crippen LogP) is 3.70. The van der Waals surface area contributed by atoms with Gasteiger partial charge in [0.2, 0.25) is 0 Å². The van der Waals surface area contributed by atoms with Crippen molar-refractivity contribution in [1.82, 2.24) is 10.3 Å². The molecule has 21 heavy (non-hydrogen) atoms. The van der Waals surface area contributed by atoms with Crippen LogP contribution in [0.15, 0.2) is 36.5 Å². The smallest absolute Gasteiger partial charge is 0.0734 e. The van der Waals surface area contributed by atoms with E-state index in [4.69, 9.17) is 5.26 Å². The Kier molecular flexibility index (Phi) is 5.30. The lowest BCUT2D eigenvalue weighted by Gasteiger charge is -2.23. The minimum atomic E-state index is 0.173. The number of rotatable bonds is 7. The van der Waals surface area contributed by atoms with Crippen molar-refractivity contribution in [3.05, 3.63) is 42.1 Å². The van der Waals surface area contributed by atoms with Crippen molar-refractivity contribution in [2.45, 2.75) is 33.1 Å². The first-order valence-corrected chi connectivity index (χ1v) is 7.53. The fourth-order valence-corrected chi connectivity index (χ4v) is 2.50. The highest BCUT2D eigenvalue weighted by molar-refractivity contribution is 5.81. The van der Waals surface area contributed by atoms with Crippen molar-refractivity contribution >= 4 is 10.9 Å². The molecule has 1 heterocycles. The van der Waals surface area contributed by atoms with Gasteiger partial charge in [-0.15, -0.1) is 0 Å². The van der Waals surface area contributed by atoms with Crippen molar-refractivity contribution < 1.29 is 0 Å². The summed E-state index contributed by atoms with van der Waals surface area (Å²) in [7, 11) is 0. The molecule has 0 saturated heterocycles. The first-order valence-electron chi connectivity index (χ1n) is 7.53. The lowest BCUT2D eigenvalue weighted by atomic mass is 9.88. The number of nitriles is 1. The molecule has 0 saturated carbocycles. The molecular formula is C18H23N3. The van der Waals surface area contributed by atoms with Crippen molar-refractivity contribution in [2.24, 2.45) is 5.41 Å². The maximum Gasteiger partial charge on any atom is 0.0734 e. The Morgan fingerprint density at radius 3 is 2.86 bits per heavy atom. The highest BCUT2D eigenvalue weighted by atomic mass is 14.9. The molecule has 2 rings (SSSR count). The van der Waals surface area contributed by atoms with Crippen molar-refractivity contribution in [1.29, 1.82) is 5.26 Å². The van der Waals surface area contributed by atoms with Gasteiger partial charge < -0.3 is 5.32 Å². The largest absolute Gasteiger partial charge is 0.316 e. The van der Waals surface area contributed by atoms with Gasteiger partial charge in [0.25, 0.3) is 0 Å². The van der Waals surface area contributed by atoms with E-state index in [2.05, 4.69) is 54.5 Å². The summed E-state index contributed by atoms with van der Waals surface area (Å²) in [4.78, 5) is 4.49. The SMILES string of the molecule is CC(C)(CCC#N)CNCCc1cccc2cccnc12. The second kappa shape index (κ2) is 7.19. The number of pyridine rings is 1. The number of benzene rings is 1. The zero-order valence-electron chi connectivity index (χ0n) is 12.9. The molecule has 3 nitrogen and oxygen atoms in total. The molecule has 0 fully saturated rings. The highest BCUT2D eigenvalue weighted by Gasteiger charge is 2.16. The second-order valence-corrected chi connectivity index (χ2v) is 6.24. The van der Waals surface area contributed by atoms with Gasteiger partial charge in [-0.1, -0.05) is 38.1 Å². The average molecular weight is 281 g/mol. The standard InChI is InChI=1S/C18H23N3/c1-18(2,10-5-11-19)14-20-13-9-16-7-3-6-15-8-4-12-21-17(15)16/h3-4,6-8,12,20H,5,9-10,13-14H2,1-2H3. The Bertz CT molecular complexity index is 620. The van der Waals surface area contributed by atoms with Crippen molar-refractivity contribution in [2.75, 3.05) is 13.1 Å². The van der Waals surface area contributed by atoms with E-state index in [1.165, 1.54) is 10.9 Å². The van der Waals surface area contributed by atoms with E-state index in [0.717, 1.165) is 31.4 Å². The van der Waals surface area contributed by atoms with Crippen LogP contribution in [0, 0.1) is 16.7 Å². The van der Waals surface area contributed by atoms with Crippen molar-refractivity contribution in [3.8, 4) is 6.07 Å². The Hall–Kier alpha value is -1.92. The van der Waals surface area contributed by atoms with Crippen molar-refractivity contribution in [3.63, 3.8) is 0 Å². The zero-order chi connectivity index (χ0) is 15.1. The van der Waals surface area contributed by atoms with E-state index in [-0.39, 0.29) is 5.41 Å². The van der Waals surface area contributed by atoms with Crippen LogP contribution in [-0.4, -0.2) is 18.1 Å². The maximum atomic E-state index is 8.67. The fraction of sp³-hybridized carbons (Fsp3) is 0.444. The first kappa shape index (κ1) is 15.5. The van der Waals surface area contributed by atoms with Crippen LogP contribution in [0.25, 0.3) is 10.9 Å². The van der Waals surface area contributed by atoms with Crippen LogP contribution in [0.5, 0.6) is 0 Å². The summed E-state index contributed by atoms with van der Waals surface area (Å²) < 4.78 is 0. The molecule has 0 aliphatic rings. The number of nitrogens with one attached hydrogen (secondary N) is 1. The number of hydrogen-bond acceptors (Lipinski definition) is 3. The van der Waals surface area contributed by atoms with E-state index in [1.807, 2.05) is 12.3 Å². The molecule has 1 aromatic carbocycles. The van der Waals surface area contributed by atoms with Gasteiger partial charge in [0.1, 0.15) is 0 Å². The average Bonchev–Trinajstić information content (AvgIpc) is 2.50. The van der Waals surface area contributed by atoms with Gasteiger partial charge >= 0.3 is 0 Å². The van der Waals surface area contributed by atoms with Crippen LogP contribution in [-0.2, 0) is 6.42 Å². The number of nitrogens with zero attached hydrogens (tertiary/aromatic N) is 2. The van der Waals surface area contributed by atoms with Crippen LogP contribution < -0.4 is 5.32 Å². The van der Waals surface area contributed by atoms with Crippen LogP contribution >= 0.6 is 0 Å². The number of aromatic nitrogens is 1. The molecule has 0 radical (unpaired) electrons. The van der Waals surface area contributed by atoms with Crippen LogP contribution in [0.3, 0.4) is 0 Å². The summed E-state index contributed by atoms with van der Waals surface area (Å²) in [5.41, 5.74) is 2.56. The molecule has 0 atom stereocenters. The second-order valence-electron chi connectivity index (χ2n) is 6.24. The Balaban J connectivity index is 1.87. The minimum absolute atomic E-state index is 0.173. The van der Waals surface area contributed by atoms with E-state index >= 15 is 0 Å². The highest BCUT2D eigenvalue weighted by Crippen LogP contribution is 2.21. The minimum Gasteiger partial charge on any atom is -0.316 e. The van der Waals surface area contributed by atoms with Crippen LogP contribution in [0.4, 0.5) is 0 Å². The number of hydrogen-bond donors (Lipinski definition) is 1. The van der Waals surface area contributed by atoms with Gasteiger partial charge in [-0.3, -0.25) is 4.98 Å². The number of para-hydroxylation sites is 1. The molecule has 0 unspecified atom stereocenters. The summed E-state index contributed by atoms with van der Waals surface area (Å²) in [6.45, 7) is 6.28. The fourth-order valence-electron chi connectivity index (χ4n) is 2.50. The summed E-state index contributed by atoms with van der Waals surface area (Å²) >= 11 is 0. The summed E-state index contributed by atoms with van der Waals surface area (Å²) in [6.07, 6.45) is 4.39. The van der Waals surface area contributed by atoms with E-state index < -0.39 is 0 Å². The topological polar surface area (TPSA) is 48.7 Å². The normalized spacial score (nSPS) is 11.5. The monoisotopic (exact) mass is 281 g/mol. The molecular weight excluding hydrogens is 258 g/mol. The Morgan fingerprint density at radius 2 is 2.05 bits per heavy atom. The van der Waals surface area contributed by atoms with Gasteiger partial charge in [0.05, 0.1) is 11.6 Å². The third-order valence-electron chi connectivity index (χ3n) is 3.80. The lowest BCUT2D eigenvalue weighted by molar-refractivity contribution is 0.319. The predicted molar refractivity (Wildman–Crippen MR) is 86.9 cm³/mol. The van der Waals surface area contributed by atoms with Gasteiger partial charge in [0.15, 0.2) is 0 Å².